The molecule has 1 aliphatic heterocycles. The van der Waals surface area contributed by atoms with Gasteiger partial charge in [-0.15, -0.1) is 0 Å². The highest BCUT2D eigenvalue weighted by molar-refractivity contribution is 9.10. The topological polar surface area (TPSA) is 44.9 Å². The lowest BCUT2D eigenvalue weighted by Gasteiger charge is -2.20. The van der Waals surface area contributed by atoms with Crippen LogP contribution in [-0.4, -0.2) is 23.9 Å². The third-order valence-corrected chi connectivity index (χ3v) is 2.80. The number of halogens is 1. The van der Waals surface area contributed by atoms with E-state index in [-0.39, 0.29) is 5.92 Å². The summed E-state index contributed by atoms with van der Waals surface area (Å²) in [5.41, 5.74) is 1.00. The molecule has 0 amide bonds. The van der Waals surface area contributed by atoms with Gasteiger partial charge in [0, 0.05) is 25.2 Å². The molecule has 2 rings (SSSR count). The second-order valence-electron chi connectivity index (χ2n) is 3.23. The van der Waals surface area contributed by atoms with E-state index in [1.165, 1.54) is 0 Å². The number of Topliss-reactive ketones (excluding diaryl/α,β-unsaturated/α-hetero) is 1. The first-order valence-corrected chi connectivity index (χ1v) is 5.14. The summed E-state index contributed by atoms with van der Waals surface area (Å²) in [4.78, 5) is 14.7. The fourth-order valence-electron chi connectivity index (χ4n) is 1.62. The van der Waals surface area contributed by atoms with E-state index in [9.17, 15) is 4.79 Å². The molecule has 0 bridgehead atoms. The summed E-state index contributed by atoms with van der Waals surface area (Å²) >= 11 is 3.33. The highest BCUT2D eigenvalue weighted by Crippen LogP contribution is 2.21. The van der Waals surface area contributed by atoms with E-state index in [4.69, 9.17) is 0 Å². The molecule has 0 saturated carbocycles. The monoisotopic (exact) mass is 242 g/mol. The molecule has 4 heteroatoms. The molecule has 1 saturated heterocycles. The zero-order valence-corrected chi connectivity index (χ0v) is 8.73. The second kappa shape index (κ2) is 3.64. The summed E-state index contributed by atoms with van der Waals surface area (Å²) in [5.74, 6) is 0.341. The molecule has 1 fully saturated rings. The van der Waals surface area contributed by atoms with Gasteiger partial charge in [0.1, 0.15) is 5.78 Å². The molecule has 0 aliphatic carbocycles. The van der Waals surface area contributed by atoms with Crippen molar-refractivity contribution in [2.45, 2.75) is 12.3 Å². The van der Waals surface area contributed by atoms with Gasteiger partial charge in [-0.05, 0) is 28.1 Å². The quantitative estimate of drug-likeness (QED) is 0.783. The standard InChI is InChI=1S/C9H11BrN2O/c10-9-2-1-7(12-9)6-5-11-4-3-8(6)13/h1-2,6,11-12H,3-5H2. The van der Waals surface area contributed by atoms with E-state index in [1.54, 1.807) is 0 Å². The van der Waals surface area contributed by atoms with Crippen molar-refractivity contribution >= 4 is 21.7 Å². The Kier molecular flexibility index (Phi) is 2.51. The number of carbonyl (C=O) groups excluding carboxylic acids is 1. The molecule has 70 valence electrons. The van der Waals surface area contributed by atoms with Crippen LogP contribution >= 0.6 is 15.9 Å². The van der Waals surface area contributed by atoms with E-state index in [0.29, 0.717) is 12.2 Å². The molecule has 2 N–H and O–H groups in total. The lowest BCUT2D eigenvalue weighted by atomic mass is 9.95. The van der Waals surface area contributed by atoms with Gasteiger partial charge >= 0.3 is 0 Å². The fourth-order valence-corrected chi connectivity index (χ4v) is 1.98. The molecule has 1 unspecified atom stereocenters. The van der Waals surface area contributed by atoms with Crippen molar-refractivity contribution < 1.29 is 4.79 Å². The normalized spacial score (nSPS) is 23.5. The average Bonchev–Trinajstić information content (AvgIpc) is 2.53. The van der Waals surface area contributed by atoms with Crippen molar-refractivity contribution in [3.05, 3.63) is 22.4 Å². The Labute approximate surface area is 85.0 Å². The number of aromatic amines is 1. The molecule has 1 aliphatic rings. The van der Waals surface area contributed by atoms with Gasteiger partial charge in [-0.3, -0.25) is 4.79 Å². The van der Waals surface area contributed by atoms with Gasteiger partial charge in [0.05, 0.1) is 10.5 Å². The SMILES string of the molecule is O=C1CCNCC1c1ccc(Br)[nH]1. The summed E-state index contributed by atoms with van der Waals surface area (Å²) in [6.45, 7) is 1.57. The van der Waals surface area contributed by atoms with E-state index in [1.807, 2.05) is 12.1 Å². The van der Waals surface area contributed by atoms with Crippen molar-refractivity contribution in [3.63, 3.8) is 0 Å². The summed E-state index contributed by atoms with van der Waals surface area (Å²) in [6.07, 6.45) is 0.640. The molecule has 2 heterocycles. The van der Waals surface area contributed by atoms with Gasteiger partial charge in [0.15, 0.2) is 0 Å². The number of carbonyl (C=O) groups is 1. The number of H-pyrrole nitrogens is 1. The van der Waals surface area contributed by atoms with E-state index in [2.05, 4.69) is 26.2 Å². The molecule has 1 atom stereocenters. The first kappa shape index (κ1) is 8.97. The Morgan fingerprint density at radius 3 is 2.92 bits per heavy atom. The highest BCUT2D eigenvalue weighted by atomic mass is 79.9. The molecule has 0 aromatic carbocycles. The number of hydrogen-bond acceptors (Lipinski definition) is 2. The first-order chi connectivity index (χ1) is 6.27. The van der Waals surface area contributed by atoms with Gasteiger partial charge in [-0.25, -0.2) is 0 Å². The molecule has 3 nitrogen and oxygen atoms in total. The lowest BCUT2D eigenvalue weighted by Crippen LogP contribution is -2.35. The van der Waals surface area contributed by atoms with Crippen LogP contribution in [0.15, 0.2) is 16.7 Å². The van der Waals surface area contributed by atoms with Gasteiger partial charge in [-0.1, -0.05) is 0 Å². The minimum Gasteiger partial charge on any atom is -0.353 e. The van der Waals surface area contributed by atoms with Crippen molar-refractivity contribution in [2.24, 2.45) is 0 Å². The molecule has 0 radical (unpaired) electrons. The van der Waals surface area contributed by atoms with Crippen LogP contribution in [0.4, 0.5) is 0 Å². The first-order valence-electron chi connectivity index (χ1n) is 4.35. The number of nitrogens with one attached hydrogen (secondary N) is 2. The molecule has 1 aromatic rings. The number of hydrogen-bond donors (Lipinski definition) is 2. The molecule has 0 spiro atoms. The largest absolute Gasteiger partial charge is 0.353 e. The van der Waals surface area contributed by atoms with Crippen LogP contribution in [0.1, 0.15) is 18.0 Å². The van der Waals surface area contributed by atoms with Crippen molar-refractivity contribution in [1.82, 2.24) is 10.3 Å². The minimum absolute atomic E-state index is 0.0139. The number of rotatable bonds is 1. The van der Waals surface area contributed by atoms with Crippen LogP contribution in [0.25, 0.3) is 0 Å². The Balaban J connectivity index is 2.19. The van der Waals surface area contributed by atoms with Gasteiger partial charge < -0.3 is 10.3 Å². The average molecular weight is 243 g/mol. The van der Waals surface area contributed by atoms with E-state index >= 15 is 0 Å². The third kappa shape index (κ3) is 1.84. The zero-order chi connectivity index (χ0) is 9.26. The van der Waals surface area contributed by atoms with Crippen molar-refractivity contribution in [2.75, 3.05) is 13.1 Å². The van der Waals surface area contributed by atoms with Gasteiger partial charge in [0.2, 0.25) is 0 Å². The summed E-state index contributed by atoms with van der Waals surface area (Å²) in [6, 6.07) is 3.89. The number of aromatic nitrogens is 1. The Morgan fingerprint density at radius 1 is 1.46 bits per heavy atom. The summed E-state index contributed by atoms with van der Waals surface area (Å²) < 4.78 is 0.931. The predicted molar refractivity (Wildman–Crippen MR) is 53.7 cm³/mol. The maximum Gasteiger partial charge on any atom is 0.144 e. The number of ketones is 1. The Morgan fingerprint density at radius 2 is 2.31 bits per heavy atom. The minimum atomic E-state index is 0.0139. The Bertz CT molecular complexity index is 321. The predicted octanol–water partition coefficient (Wildman–Crippen LogP) is 1.42. The highest BCUT2D eigenvalue weighted by Gasteiger charge is 2.24. The van der Waals surface area contributed by atoms with Crippen LogP contribution < -0.4 is 5.32 Å². The second-order valence-corrected chi connectivity index (χ2v) is 4.09. The molecule has 1 aromatic heterocycles. The number of piperidine rings is 1. The van der Waals surface area contributed by atoms with Crippen molar-refractivity contribution in [1.29, 1.82) is 0 Å². The summed E-state index contributed by atoms with van der Waals surface area (Å²) in [7, 11) is 0. The van der Waals surface area contributed by atoms with Crippen LogP contribution in [0.5, 0.6) is 0 Å². The maximum absolute atomic E-state index is 11.5. The third-order valence-electron chi connectivity index (χ3n) is 2.33. The maximum atomic E-state index is 11.5. The molecular formula is C9H11BrN2O. The van der Waals surface area contributed by atoms with Crippen molar-refractivity contribution in [3.8, 4) is 0 Å². The van der Waals surface area contributed by atoms with Crippen LogP contribution in [0.3, 0.4) is 0 Å². The molecular weight excluding hydrogens is 232 g/mol. The zero-order valence-electron chi connectivity index (χ0n) is 7.14. The smallest absolute Gasteiger partial charge is 0.144 e. The fraction of sp³-hybridized carbons (Fsp3) is 0.444. The summed E-state index contributed by atoms with van der Waals surface area (Å²) in [5, 5.41) is 3.22. The van der Waals surface area contributed by atoms with E-state index in [0.717, 1.165) is 23.4 Å². The van der Waals surface area contributed by atoms with Crippen LogP contribution in [0, 0.1) is 0 Å². The van der Waals surface area contributed by atoms with Gasteiger partial charge in [-0.2, -0.15) is 0 Å². The van der Waals surface area contributed by atoms with Crippen LogP contribution in [0.2, 0.25) is 0 Å². The van der Waals surface area contributed by atoms with Crippen LogP contribution in [-0.2, 0) is 4.79 Å². The lowest BCUT2D eigenvalue weighted by molar-refractivity contribution is -0.121. The van der Waals surface area contributed by atoms with Gasteiger partial charge in [0.25, 0.3) is 0 Å². The van der Waals surface area contributed by atoms with E-state index < -0.39 is 0 Å². The Hall–Kier alpha value is -0.610. The molecule has 13 heavy (non-hydrogen) atoms.